The number of carbonyl (C=O) groups excluding carboxylic acids is 3. The number of hydrogen-bond acceptors (Lipinski definition) is 4. The Labute approximate surface area is 170 Å². The molecule has 0 aromatic heterocycles. The van der Waals surface area contributed by atoms with Gasteiger partial charge in [-0.3, -0.25) is 14.4 Å². The lowest BCUT2D eigenvalue weighted by molar-refractivity contribution is -0.142. The number of hydrogen-bond donors (Lipinski definition) is 2. The Morgan fingerprint density at radius 2 is 1.59 bits per heavy atom. The second-order valence-corrected chi connectivity index (χ2v) is 6.78. The molecule has 0 spiro atoms. The standard InChI is InChI=1S/C22H25N3O4/c26-20(25-13-14-29-19(16-25)18-9-5-2-6-10-18)15-24-22(28)21(27)23-12-11-17-7-3-1-4-8-17/h1-10,19H,11-16H2,(H,23,27)(H,24,28)/t19-/m0/s1. The van der Waals surface area contributed by atoms with Gasteiger partial charge in [0.05, 0.1) is 19.7 Å². The Morgan fingerprint density at radius 1 is 0.931 bits per heavy atom. The topological polar surface area (TPSA) is 87.7 Å². The second kappa shape index (κ2) is 10.4. The highest BCUT2D eigenvalue weighted by Gasteiger charge is 2.25. The molecule has 1 fully saturated rings. The minimum atomic E-state index is -0.806. The Balaban J connectivity index is 1.40. The van der Waals surface area contributed by atoms with Crippen molar-refractivity contribution in [3.63, 3.8) is 0 Å². The van der Waals surface area contributed by atoms with Crippen LogP contribution < -0.4 is 10.6 Å². The highest BCUT2D eigenvalue weighted by molar-refractivity contribution is 6.35. The van der Waals surface area contributed by atoms with Gasteiger partial charge in [-0.15, -0.1) is 0 Å². The molecule has 0 aliphatic carbocycles. The molecular weight excluding hydrogens is 370 g/mol. The van der Waals surface area contributed by atoms with E-state index in [0.717, 1.165) is 11.1 Å². The number of benzene rings is 2. The second-order valence-electron chi connectivity index (χ2n) is 6.78. The average molecular weight is 395 g/mol. The summed E-state index contributed by atoms with van der Waals surface area (Å²) in [4.78, 5) is 37.9. The van der Waals surface area contributed by atoms with Crippen molar-refractivity contribution in [3.8, 4) is 0 Å². The highest BCUT2D eigenvalue weighted by atomic mass is 16.5. The molecule has 3 rings (SSSR count). The van der Waals surface area contributed by atoms with E-state index in [1.807, 2.05) is 60.7 Å². The van der Waals surface area contributed by atoms with Gasteiger partial charge in [-0.1, -0.05) is 60.7 Å². The Morgan fingerprint density at radius 3 is 2.31 bits per heavy atom. The van der Waals surface area contributed by atoms with Crippen LogP contribution in [0.15, 0.2) is 60.7 Å². The molecule has 3 amide bonds. The molecular formula is C22H25N3O4. The first kappa shape index (κ1) is 20.5. The first-order valence-electron chi connectivity index (χ1n) is 9.68. The van der Waals surface area contributed by atoms with E-state index in [1.165, 1.54) is 0 Å². The molecule has 1 aliphatic rings. The van der Waals surface area contributed by atoms with Crippen molar-refractivity contribution >= 4 is 17.7 Å². The largest absolute Gasteiger partial charge is 0.370 e. The van der Waals surface area contributed by atoms with Gasteiger partial charge in [0, 0.05) is 13.1 Å². The van der Waals surface area contributed by atoms with Gasteiger partial charge in [0.25, 0.3) is 0 Å². The maximum Gasteiger partial charge on any atom is 0.309 e. The maximum atomic E-state index is 12.4. The van der Waals surface area contributed by atoms with Crippen LogP contribution in [0, 0.1) is 0 Å². The van der Waals surface area contributed by atoms with Crippen LogP contribution in [-0.4, -0.2) is 55.4 Å². The van der Waals surface area contributed by atoms with Gasteiger partial charge in [-0.25, -0.2) is 0 Å². The van der Waals surface area contributed by atoms with Crippen molar-refractivity contribution in [2.75, 3.05) is 32.8 Å². The van der Waals surface area contributed by atoms with Crippen molar-refractivity contribution in [2.24, 2.45) is 0 Å². The zero-order chi connectivity index (χ0) is 20.5. The van der Waals surface area contributed by atoms with Gasteiger partial charge in [0.2, 0.25) is 5.91 Å². The molecule has 1 aliphatic heterocycles. The van der Waals surface area contributed by atoms with Crippen LogP contribution >= 0.6 is 0 Å². The summed E-state index contributed by atoms with van der Waals surface area (Å²) in [6.45, 7) is 1.45. The fourth-order valence-electron chi connectivity index (χ4n) is 3.14. The predicted octanol–water partition coefficient (Wildman–Crippen LogP) is 1.06. The van der Waals surface area contributed by atoms with Crippen molar-refractivity contribution in [1.29, 1.82) is 0 Å². The minimum Gasteiger partial charge on any atom is -0.370 e. The van der Waals surface area contributed by atoms with Crippen LogP contribution in [0.5, 0.6) is 0 Å². The summed E-state index contributed by atoms with van der Waals surface area (Å²) in [5.41, 5.74) is 2.08. The average Bonchev–Trinajstić information content (AvgIpc) is 2.78. The summed E-state index contributed by atoms with van der Waals surface area (Å²) < 4.78 is 5.74. The van der Waals surface area contributed by atoms with Crippen molar-refractivity contribution in [1.82, 2.24) is 15.5 Å². The minimum absolute atomic E-state index is 0.189. The van der Waals surface area contributed by atoms with E-state index < -0.39 is 11.8 Å². The van der Waals surface area contributed by atoms with E-state index in [-0.39, 0.29) is 18.6 Å². The summed E-state index contributed by atoms with van der Waals surface area (Å²) in [5.74, 6) is -1.78. The lowest BCUT2D eigenvalue weighted by Gasteiger charge is -2.33. The van der Waals surface area contributed by atoms with Gasteiger partial charge in [0.15, 0.2) is 0 Å². The zero-order valence-corrected chi connectivity index (χ0v) is 16.2. The van der Waals surface area contributed by atoms with Gasteiger partial charge >= 0.3 is 11.8 Å². The van der Waals surface area contributed by atoms with Crippen molar-refractivity contribution in [2.45, 2.75) is 12.5 Å². The molecule has 2 aromatic rings. The predicted molar refractivity (Wildman–Crippen MR) is 108 cm³/mol. The fraction of sp³-hybridized carbons (Fsp3) is 0.318. The molecule has 2 N–H and O–H groups in total. The lowest BCUT2D eigenvalue weighted by Crippen LogP contribution is -2.48. The molecule has 7 nitrogen and oxygen atoms in total. The lowest BCUT2D eigenvalue weighted by atomic mass is 10.1. The number of ether oxygens (including phenoxy) is 1. The Kier molecular flexibility index (Phi) is 7.35. The first-order valence-corrected chi connectivity index (χ1v) is 9.68. The molecule has 7 heteroatoms. The summed E-state index contributed by atoms with van der Waals surface area (Å²) >= 11 is 0. The van der Waals surface area contributed by atoms with Crippen LogP contribution in [0.4, 0.5) is 0 Å². The quantitative estimate of drug-likeness (QED) is 0.716. The van der Waals surface area contributed by atoms with Crippen LogP contribution in [0.2, 0.25) is 0 Å². The van der Waals surface area contributed by atoms with Gasteiger partial charge in [-0.05, 0) is 17.5 Å². The third kappa shape index (κ3) is 6.15. The maximum absolute atomic E-state index is 12.4. The van der Waals surface area contributed by atoms with E-state index in [2.05, 4.69) is 10.6 Å². The number of nitrogens with one attached hydrogen (secondary N) is 2. The van der Waals surface area contributed by atoms with Crippen LogP contribution in [0.1, 0.15) is 17.2 Å². The number of carbonyl (C=O) groups is 3. The SMILES string of the molecule is O=C(NCCc1ccccc1)C(=O)NCC(=O)N1CCO[C@H](c2ccccc2)C1. The molecule has 0 bridgehead atoms. The van der Waals surface area contributed by atoms with Crippen molar-refractivity contribution in [3.05, 3.63) is 71.8 Å². The fourth-order valence-corrected chi connectivity index (χ4v) is 3.14. The smallest absolute Gasteiger partial charge is 0.309 e. The van der Waals surface area contributed by atoms with Crippen molar-refractivity contribution < 1.29 is 19.1 Å². The third-order valence-electron chi connectivity index (χ3n) is 4.74. The van der Waals surface area contributed by atoms with E-state index in [1.54, 1.807) is 4.90 Å². The van der Waals surface area contributed by atoms with E-state index in [9.17, 15) is 14.4 Å². The van der Waals surface area contributed by atoms with Gasteiger partial charge in [-0.2, -0.15) is 0 Å². The van der Waals surface area contributed by atoms with Crippen LogP contribution in [0.3, 0.4) is 0 Å². The molecule has 152 valence electrons. The number of morpholine rings is 1. The third-order valence-corrected chi connectivity index (χ3v) is 4.74. The molecule has 1 saturated heterocycles. The molecule has 1 heterocycles. The summed E-state index contributed by atoms with van der Waals surface area (Å²) in [5, 5.41) is 4.97. The summed E-state index contributed by atoms with van der Waals surface area (Å²) in [6.07, 6.45) is 0.443. The molecule has 2 aromatic carbocycles. The van der Waals surface area contributed by atoms with E-state index >= 15 is 0 Å². The molecule has 0 radical (unpaired) electrons. The van der Waals surface area contributed by atoms with E-state index in [4.69, 9.17) is 4.74 Å². The monoisotopic (exact) mass is 395 g/mol. The highest BCUT2D eigenvalue weighted by Crippen LogP contribution is 2.21. The number of rotatable bonds is 6. The molecule has 29 heavy (non-hydrogen) atoms. The molecule has 1 atom stereocenters. The van der Waals surface area contributed by atoms with Gasteiger partial charge < -0.3 is 20.3 Å². The Bertz CT molecular complexity index is 826. The number of amides is 3. The van der Waals surface area contributed by atoms with E-state index in [0.29, 0.717) is 32.7 Å². The summed E-state index contributed by atoms with van der Waals surface area (Å²) in [6, 6.07) is 19.4. The first-order chi connectivity index (χ1) is 14.1. The Hall–Kier alpha value is -3.19. The van der Waals surface area contributed by atoms with Gasteiger partial charge in [0.1, 0.15) is 6.10 Å². The number of nitrogens with zero attached hydrogens (tertiary/aromatic N) is 1. The summed E-state index contributed by atoms with van der Waals surface area (Å²) in [7, 11) is 0. The molecule has 0 saturated carbocycles. The normalized spacial score (nSPS) is 16.1. The molecule has 0 unspecified atom stereocenters. The van der Waals surface area contributed by atoms with Crippen LogP contribution in [0.25, 0.3) is 0 Å². The zero-order valence-electron chi connectivity index (χ0n) is 16.2. The van der Waals surface area contributed by atoms with Crippen LogP contribution in [-0.2, 0) is 25.5 Å².